The van der Waals surface area contributed by atoms with E-state index in [1.54, 1.807) is 19.1 Å². The Bertz CT molecular complexity index is 275. The number of hydrogen-bond acceptors (Lipinski definition) is 0. The smallest absolute Gasteiger partial charge is 0.241 e. The molecule has 0 saturated carbocycles. The van der Waals surface area contributed by atoms with Crippen molar-refractivity contribution in [3.63, 3.8) is 0 Å². The molecule has 0 nitrogen and oxygen atoms in total. The number of alkyl halides is 3. The van der Waals surface area contributed by atoms with Crippen LogP contribution in [0.15, 0.2) is 24.3 Å². The molecule has 0 aromatic heterocycles. The highest BCUT2D eigenvalue weighted by Crippen LogP contribution is 2.33. The molecule has 0 aliphatic heterocycles. The van der Waals surface area contributed by atoms with Gasteiger partial charge in [0.05, 0.1) is 0 Å². The Morgan fingerprint density at radius 2 is 1.62 bits per heavy atom. The molecule has 0 fully saturated rings. The highest BCUT2D eigenvalue weighted by atomic mass is 19.3. The van der Waals surface area contributed by atoms with Gasteiger partial charge in [0.25, 0.3) is 0 Å². The number of rotatable bonds is 2. The van der Waals surface area contributed by atoms with Crippen LogP contribution >= 0.6 is 0 Å². The van der Waals surface area contributed by atoms with Crippen molar-refractivity contribution in [2.45, 2.75) is 25.9 Å². The first-order valence-corrected chi connectivity index (χ1v) is 4.03. The molecular weight excluding hydrogens is 177 g/mol. The second-order valence-electron chi connectivity index (χ2n) is 3.10. The Morgan fingerprint density at radius 1 is 1.15 bits per heavy atom. The van der Waals surface area contributed by atoms with Crippen LogP contribution in [0, 0.1) is 6.92 Å². The summed E-state index contributed by atoms with van der Waals surface area (Å²) < 4.78 is 38.6. The average molecular weight is 188 g/mol. The van der Waals surface area contributed by atoms with Gasteiger partial charge >= 0.3 is 5.92 Å². The molecule has 3 heteroatoms. The van der Waals surface area contributed by atoms with E-state index in [-0.39, 0.29) is 5.56 Å². The van der Waals surface area contributed by atoms with E-state index in [4.69, 9.17) is 0 Å². The van der Waals surface area contributed by atoms with Gasteiger partial charge in [-0.1, -0.05) is 29.8 Å². The topological polar surface area (TPSA) is 0 Å². The summed E-state index contributed by atoms with van der Waals surface area (Å²) in [6.07, 6.45) is -2.16. The van der Waals surface area contributed by atoms with Crippen molar-refractivity contribution in [1.82, 2.24) is 0 Å². The molecule has 0 aliphatic carbocycles. The lowest BCUT2D eigenvalue weighted by Crippen LogP contribution is -2.24. The molecule has 1 aromatic rings. The zero-order valence-electron chi connectivity index (χ0n) is 7.52. The monoisotopic (exact) mass is 188 g/mol. The van der Waals surface area contributed by atoms with Gasteiger partial charge in [-0.3, -0.25) is 0 Å². The minimum absolute atomic E-state index is 0.270. The zero-order chi connectivity index (χ0) is 10.1. The third-order valence-electron chi connectivity index (χ3n) is 1.94. The van der Waals surface area contributed by atoms with Gasteiger partial charge in [0.2, 0.25) is 0 Å². The van der Waals surface area contributed by atoms with Crippen molar-refractivity contribution in [1.29, 1.82) is 0 Å². The van der Waals surface area contributed by atoms with Crippen molar-refractivity contribution >= 4 is 0 Å². The molecule has 0 spiro atoms. The number of halogens is 3. The summed E-state index contributed by atoms with van der Waals surface area (Å²) in [6, 6.07) is 5.61. The fourth-order valence-corrected chi connectivity index (χ4v) is 1.01. The summed E-state index contributed by atoms with van der Waals surface area (Å²) in [7, 11) is 0. The molecule has 0 saturated heterocycles. The summed E-state index contributed by atoms with van der Waals surface area (Å²) >= 11 is 0. The van der Waals surface area contributed by atoms with Gasteiger partial charge in [0.15, 0.2) is 6.17 Å². The van der Waals surface area contributed by atoms with E-state index in [0.29, 0.717) is 0 Å². The Kier molecular flexibility index (Phi) is 2.64. The minimum Gasteiger partial charge on any atom is -0.241 e. The summed E-state index contributed by atoms with van der Waals surface area (Å²) in [5.41, 5.74) is 0.610. The van der Waals surface area contributed by atoms with E-state index >= 15 is 0 Å². The van der Waals surface area contributed by atoms with Crippen molar-refractivity contribution in [2.75, 3.05) is 0 Å². The van der Waals surface area contributed by atoms with Gasteiger partial charge < -0.3 is 0 Å². The molecule has 0 bridgehead atoms. The number of benzene rings is 1. The molecule has 0 aliphatic rings. The third kappa shape index (κ3) is 2.02. The minimum atomic E-state index is -3.38. The fraction of sp³-hybridized carbons (Fsp3) is 0.400. The molecule has 1 atom stereocenters. The second kappa shape index (κ2) is 3.40. The maximum Gasteiger partial charge on any atom is 0.303 e. The van der Waals surface area contributed by atoms with Crippen LogP contribution in [0.1, 0.15) is 18.1 Å². The van der Waals surface area contributed by atoms with Crippen molar-refractivity contribution in [3.8, 4) is 0 Å². The predicted molar refractivity (Wildman–Crippen MR) is 45.6 cm³/mol. The van der Waals surface area contributed by atoms with Gasteiger partial charge in [0, 0.05) is 5.56 Å². The summed E-state index contributed by atoms with van der Waals surface area (Å²) in [4.78, 5) is 0. The molecule has 0 amide bonds. The van der Waals surface area contributed by atoms with Gasteiger partial charge in [-0.25, -0.2) is 4.39 Å². The van der Waals surface area contributed by atoms with Gasteiger partial charge in [0.1, 0.15) is 0 Å². The average Bonchev–Trinajstić information content (AvgIpc) is 2.04. The molecule has 72 valence electrons. The summed E-state index contributed by atoms with van der Waals surface area (Å²) in [5.74, 6) is -3.38. The Morgan fingerprint density at radius 3 is 2.00 bits per heavy atom. The van der Waals surface area contributed by atoms with Crippen LogP contribution in [0.3, 0.4) is 0 Å². The van der Waals surface area contributed by atoms with E-state index in [0.717, 1.165) is 12.5 Å². The highest BCUT2D eigenvalue weighted by molar-refractivity contribution is 5.25. The van der Waals surface area contributed by atoms with Gasteiger partial charge in [-0.05, 0) is 13.8 Å². The summed E-state index contributed by atoms with van der Waals surface area (Å²) in [6.45, 7) is 2.65. The SMILES string of the molecule is Cc1ccc(C(F)(F)C(C)F)cc1. The molecule has 13 heavy (non-hydrogen) atoms. The van der Waals surface area contributed by atoms with Crippen LogP contribution in [0.2, 0.25) is 0 Å². The number of hydrogen-bond donors (Lipinski definition) is 0. The standard InChI is InChI=1S/C10H11F3/c1-7-3-5-9(6-4-7)10(12,13)8(2)11/h3-6,8H,1-2H3. The zero-order valence-corrected chi connectivity index (χ0v) is 7.52. The third-order valence-corrected chi connectivity index (χ3v) is 1.94. The first-order valence-electron chi connectivity index (χ1n) is 4.03. The van der Waals surface area contributed by atoms with Crippen LogP contribution in [0.4, 0.5) is 13.2 Å². The molecular formula is C10H11F3. The van der Waals surface area contributed by atoms with Crippen molar-refractivity contribution in [2.24, 2.45) is 0 Å². The van der Waals surface area contributed by atoms with Crippen LogP contribution in [-0.2, 0) is 5.92 Å². The lowest BCUT2D eigenvalue weighted by molar-refractivity contribution is -0.0712. The van der Waals surface area contributed by atoms with E-state index in [2.05, 4.69) is 0 Å². The van der Waals surface area contributed by atoms with Crippen LogP contribution in [-0.4, -0.2) is 6.17 Å². The maximum atomic E-state index is 13.0. The van der Waals surface area contributed by atoms with Gasteiger partial charge in [-0.15, -0.1) is 0 Å². The first-order chi connectivity index (χ1) is 5.94. The summed E-state index contributed by atoms with van der Waals surface area (Å²) in [5, 5.41) is 0. The lowest BCUT2D eigenvalue weighted by atomic mass is 10.0. The molecule has 1 rings (SSSR count). The van der Waals surface area contributed by atoms with Crippen molar-refractivity contribution < 1.29 is 13.2 Å². The quantitative estimate of drug-likeness (QED) is 0.666. The van der Waals surface area contributed by atoms with Crippen LogP contribution < -0.4 is 0 Å². The van der Waals surface area contributed by atoms with Crippen LogP contribution in [0.5, 0.6) is 0 Å². The molecule has 0 heterocycles. The Labute approximate surface area is 75.4 Å². The highest BCUT2D eigenvalue weighted by Gasteiger charge is 2.38. The van der Waals surface area contributed by atoms with Crippen LogP contribution in [0.25, 0.3) is 0 Å². The van der Waals surface area contributed by atoms with E-state index < -0.39 is 12.1 Å². The molecule has 1 aromatic carbocycles. The van der Waals surface area contributed by atoms with E-state index in [9.17, 15) is 13.2 Å². The normalized spacial score (nSPS) is 14.2. The Hall–Kier alpha value is -0.990. The molecule has 1 unspecified atom stereocenters. The van der Waals surface area contributed by atoms with Gasteiger partial charge in [-0.2, -0.15) is 8.78 Å². The maximum absolute atomic E-state index is 13.0. The Balaban J connectivity index is 3.01. The first kappa shape index (κ1) is 10.1. The largest absolute Gasteiger partial charge is 0.303 e. The van der Waals surface area contributed by atoms with E-state index in [1.165, 1.54) is 12.1 Å². The molecule has 0 radical (unpaired) electrons. The number of aryl methyl sites for hydroxylation is 1. The van der Waals surface area contributed by atoms with E-state index in [1.807, 2.05) is 0 Å². The second-order valence-corrected chi connectivity index (χ2v) is 3.10. The van der Waals surface area contributed by atoms with Crippen molar-refractivity contribution in [3.05, 3.63) is 35.4 Å². The molecule has 0 N–H and O–H groups in total. The fourth-order valence-electron chi connectivity index (χ4n) is 1.01. The lowest BCUT2D eigenvalue weighted by Gasteiger charge is -2.17. The predicted octanol–water partition coefficient (Wildman–Crippen LogP) is 3.44.